The predicted molar refractivity (Wildman–Crippen MR) is 99.9 cm³/mol. The number of unbranched alkanes of at least 4 members (excludes halogenated alkanes) is 3. The number of hydrogen-bond acceptors (Lipinski definition) is 4. The number of aromatic nitrogens is 2. The maximum Gasteiger partial charge on any atom is 0.330 e. The number of nitrogens with zero attached hydrogens (tertiary/aromatic N) is 2. The molecule has 1 fully saturated rings. The summed E-state index contributed by atoms with van der Waals surface area (Å²) < 4.78 is 1.38. The average Bonchev–Trinajstić information content (AvgIpc) is 2.51. The minimum absolute atomic E-state index is 0.0311. The summed E-state index contributed by atoms with van der Waals surface area (Å²) in [5.41, 5.74) is 5.24. The highest BCUT2D eigenvalue weighted by atomic mass is 16.2. The molecule has 1 saturated carbocycles. The van der Waals surface area contributed by atoms with Crippen molar-refractivity contribution in [1.82, 2.24) is 9.55 Å². The number of rotatable bonds is 9. The van der Waals surface area contributed by atoms with Gasteiger partial charge in [0.05, 0.1) is 0 Å². The van der Waals surface area contributed by atoms with Gasteiger partial charge in [-0.3, -0.25) is 19.1 Å². The molecule has 1 amide bonds. The van der Waals surface area contributed by atoms with Crippen molar-refractivity contribution >= 4 is 17.4 Å². The third-order valence-corrected chi connectivity index (χ3v) is 4.93. The van der Waals surface area contributed by atoms with E-state index in [0.717, 1.165) is 51.4 Å². The Labute approximate surface area is 148 Å². The van der Waals surface area contributed by atoms with Crippen LogP contribution < -0.4 is 21.9 Å². The van der Waals surface area contributed by atoms with Gasteiger partial charge in [-0.25, -0.2) is 4.79 Å². The molecule has 1 heterocycles. The van der Waals surface area contributed by atoms with E-state index in [2.05, 4.69) is 11.9 Å². The number of anilines is 2. The van der Waals surface area contributed by atoms with Crippen LogP contribution in [0.5, 0.6) is 0 Å². The van der Waals surface area contributed by atoms with Gasteiger partial charge in [0.1, 0.15) is 5.82 Å². The third-order valence-electron chi connectivity index (χ3n) is 4.93. The van der Waals surface area contributed by atoms with Gasteiger partial charge < -0.3 is 10.6 Å². The lowest BCUT2D eigenvalue weighted by Crippen LogP contribution is -2.45. The number of amides is 1. The zero-order valence-corrected chi connectivity index (χ0v) is 15.3. The van der Waals surface area contributed by atoms with E-state index in [-0.39, 0.29) is 23.3 Å². The zero-order chi connectivity index (χ0) is 18.4. The Bertz CT molecular complexity index is 703. The first-order valence-corrected chi connectivity index (χ1v) is 9.45. The molecule has 3 N–H and O–H groups in total. The summed E-state index contributed by atoms with van der Waals surface area (Å²) in [6.45, 7) is 5.00. The van der Waals surface area contributed by atoms with Gasteiger partial charge in [0.25, 0.3) is 5.56 Å². The van der Waals surface area contributed by atoms with Crippen LogP contribution in [0.2, 0.25) is 0 Å². The highest BCUT2D eigenvalue weighted by Crippen LogP contribution is 2.30. The van der Waals surface area contributed by atoms with Gasteiger partial charge in [0, 0.05) is 19.0 Å². The Morgan fingerprint density at radius 1 is 1.20 bits per heavy atom. The fraction of sp³-hybridized carbons (Fsp3) is 0.722. The zero-order valence-electron chi connectivity index (χ0n) is 15.3. The largest absolute Gasteiger partial charge is 0.383 e. The Morgan fingerprint density at radius 3 is 2.44 bits per heavy atom. The van der Waals surface area contributed by atoms with Crippen LogP contribution >= 0.6 is 0 Å². The monoisotopic (exact) mass is 350 g/mol. The second-order valence-electron chi connectivity index (χ2n) is 6.82. The first kappa shape index (κ1) is 19.3. The van der Waals surface area contributed by atoms with Crippen molar-refractivity contribution in [3.8, 4) is 0 Å². The summed E-state index contributed by atoms with van der Waals surface area (Å²) in [6.07, 6.45) is 7.24. The van der Waals surface area contributed by atoms with E-state index >= 15 is 0 Å². The van der Waals surface area contributed by atoms with Gasteiger partial charge in [0.15, 0.2) is 5.69 Å². The van der Waals surface area contributed by atoms with Crippen LogP contribution in [0.3, 0.4) is 0 Å². The van der Waals surface area contributed by atoms with Crippen molar-refractivity contribution in [2.45, 2.75) is 71.8 Å². The summed E-state index contributed by atoms with van der Waals surface area (Å²) in [5, 5.41) is 0. The second kappa shape index (κ2) is 8.87. The van der Waals surface area contributed by atoms with E-state index in [1.165, 1.54) is 9.47 Å². The molecule has 1 aliphatic carbocycles. The summed E-state index contributed by atoms with van der Waals surface area (Å²) in [5.74, 6) is 0.0306. The first-order chi connectivity index (χ1) is 12.0. The Kier molecular flexibility index (Phi) is 6.84. The lowest BCUT2D eigenvalue weighted by atomic mass is 9.84. The van der Waals surface area contributed by atoms with Crippen molar-refractivity contribution in [2.75, 3.05) is 17.2 Å². The Hall–Kier alpha value is -2.05. The predicted octanol–water partition coefficient (Wildman–Crippen LogP) is 2.24. The van der Waals surface area contributed by atoms with Gasteiger partial charge >= 0.3 is 5.69 Å². The summed E-state index contributed by atoms with van der Waals surface area (Å²) in [6, 6.07) is 0. The minimum atomic E-state index is -0.570. The molecule has 0 aliphatic heterocycles. The molecule has 1 aliphatic rings. The third kappa shape index (κ3) is 4.32. The molecular weight excluding hydrogens is 320 g/mol. The van der Waals surface area contributed by atoms with E-state index in [9.17, 15) is 14.4 Å². The van der Waals surface area contributed by atoms with Crippen molar-refractivity contribution in [2.24, 2.45) is 5.92 Å². The van der Waals surface area contributed by atoms with E-state index in [4.69, 9.17) is 5.73 Å². The van der Waals surface area contributed by atoms with Crippen LogP contribution in [0, 0.1) is 5.92 Å². The highest BCUT2D eigenvalue weighted by molar-refractivity contribution is 5.97. The standard InChI is InChI=1S/C18H30N4O3/c1-3-5-7-12-21(17(24)13-9-8-10-13)14-15(19)22(11-6-4-2)18(25)20-16(14)23/h13H,3-12,19H2,1-2H3,(H,20,23,25). The van der Waals surface area contributed by atoms with Crippen LogP contribution in [0.25, 0.3) is 0 Å². The molecule has 7 nitrogen and oxygen atoms in total. The molecule has 0 bridgehead atoms. The second-order valence-corrected chi connectivity index (χ2v) is 6.82. The maximum absolute atomic E-state index is 12.9. The molecule has 0 aromatic carbocycles. The van der Waals surface area contributed by atoms with E-state index in [1.54, 1.807) is 0 Å². The Morgan fingerprint density at radius 2 is 1.88 bits per heavy atom. The van der Waals surface area contributed by atoms with E-state index in [0.29, 0.717) is 13.1 Å². The normalized spacial score (nSPS) is 14.3. The summed E-state index contributed by atoms with van der Waals surface area (Å²) in [4.78, 5) is 41.3. The summed E-state index contributed by atoms with van der Waals surface area (Å²) >= 11 is 0. The number of carbonyl (C=O) groups excluding carboxylic acids is 1. The maximum atomic E-state index is 12.9. The lowest BCUT2D eigenvalue weighted by Gasteiger charge is -2.32. The van der Waals surface area contributed by atoms with Gasteiger partial charge in [-0.15, -0.1) is 0 Å². The molecule has 0 atom stereocenters. The molecule has 0 unspecified atom stereocenters. The van der Waals surface area contributed by atoms with Crippen molar-refractivity contribution < 1.29 is 4.79 Å². The number of nitrogens with one attached hydrogen (secondary N) is 1. The molecule has 140 valence electrons. The van der Waals surface area contributed by atoms with Gasteiger partial charge in [-0.2, -0.15) is 0 Å². The molecular formula is C18H30N4O3. The summed E-state index contributed by atoms with van der Waals surface area (Å²) in [7, 11) is 0. The quantitative estimate of drug-likeness (QED) is 0.667. The van der Waals surface area contributed by atoms with Crippen LogP contribution in [-0.2, 0) is 11.3 Å². The molecule has 0 saturated heterocycles. The van der Waals surface area contributed by atoms with Gasteiger partial charge in [0.2, 0.25) is 5.91 Å². The first-order valence-electron chi connectivity index (χ1n) is 9.45. The highest BCUT2D eigenvalue weighted by Gasteiger charge is 2.32. The van der Waals surface area contributed by atoms with Crippen LogP contribution in [0.4, 0.5) is 11.5 Å². The lowest BCUT2D eigenvalue weighted by molar-refractivity contribution is -0.124. The molecule has 0 spiro atoms. The van der Waals surface area contributed by atoms with Crippen molar-refractivity contribution in [3.63, 3.8) is 0 Å². The van der Waals surface area contributed by atoms with E-state index < -0.39 is 11.2 Å². The Balaban J connectivity index is 2.41. The van der Waals surface area contributed by atoms with Crippen LogP contribution in [0.15, 0.2) is 9.59 Å². The molecule has 2 rings (SSSR count). The molecule has 25 heavy (non-hydrogen) atoms. The van der Waals surface area contributed by atoms with E-state index in [1.807, 2.05) is 6.92 Å². The topological polar surface area (TPSA) is 101 Å². The number of nitrogen functional groups attached to an aromatic ring is 1. The number of H-pyrrole nitrogens is 1. The van der Waals surface area contributed by atoms with Gasteiger partial charge in [-0.1, -0.05) is 39.5 Å². The van der Waals surface area contributed by atoms with Gasteiger partial charge in [-0.05, 0) is 25.7 Å². The number of nitrogens with two attached hydrogens (primary N) is 1. The number of carbonyl (C=O) groups is 1. The number of aromatic amines is 1. The molecule has 0 radical (unpaired) electrons. The number of hydrogen-bond donors (Lipinski definition) is 2. The molecule has 1 aromatic rings. The fourth-order valence-corrected chi connectivity index (χ4v) is 3.10. The smallest absolute Gasteiger partial charge is 0.330 e. The van der Waals surface area contributed by atoms with Crippen molar-refractivity contribution in [1.29, 1.82) is 0 Å². The van der Waals surface area contributed by atoms with Crippen molar-refractivity contribution in [3.05, 3.63) is 20.8 Å². The SMILES string of the molecule is CCCCCN(C(=O)C1CCC1)c1c(N)n(CCCC)c(=O)[nH]c1=O. The minimum Gasteiger partial charge on any atom is -0.383 e. The average molecular weight is 350 g/mol. The van der Waals surface area contributed by atoms with Crippen LogP contribution in [0.1, 0.15) is 65.2 Å². The molecule has 7 heteroatoms. The molecule has 1 aromatic heterocycles. The fourth-order valence-electron chi connectivity index (χ4n) is 3.10. The van der Waals surface area contributed by atoms with Crippen LogP contribution in [-0.4, -0.2) is 22.0 Å².